The molecule has 5 saturated carbocycles. The molecule has 0 aromatic rings. The fraction of sp³-hybridized carbons (Fsp3) is 0.884. The number of rotatable bonds is 13. The van der Waals surface area contributed by atoms with Crippen molar-refractivity contribution in [3.63, 3.8) is 0 Å². The van der Waals surface area contributed by atoms with Crippen LogP contribution in [0, 0.1) is 33.5 Å². The summed E-state index contributed by atoms with van der Waals surface area (Å²) in [6.45, 7) is 17.8. The summed E-state index contributed by atoms with van der Waals surface area (Å²) in [5, 5.41) is 9.35. The van der Waals surface area contributed by atoms with Crippen LogP contribution in [0.2, 0.25) is 0 Å². The first-order valence-corrected chi connectivity index (χ1v) is 23.7. The smallest absolute Gasteiger partial charge is 0.259 e. The van der Waals surface area contributed by atoms with Gasteiger partial charge in [0.25, 0.3) is 5.91 Å². The summed E-state index contributed by atoms with van der Waals surface area (Å²) in [5.41, 5.74) is -2.55. The van der Waals surface area contributed by atoms with Crippen molar-refractivity contribution in [3.8, 4) is 0 Å². The molecule has 2 spiro atoms. The molecule has 5 aliphatic carbocycles. The molecule has 0 bridgehead atoms. The number of amides is 5. The zero-order valence-corrected chi connectivity index (χ0v) is 36.7. The minimum absolute atomic E-state index is 0.00535. The Morgan fingerprint density at radius 3 is 1.98 bits per heavy atom. The molecule has 2 heterocycles. The lowest BCUT2D eigenvalue weighted by Gasteiger charge is -2.38. The van der Waals surface area contributed by atoms with Gasteiger partial charge in [-0.05, 0) is 112 Å². The third-order valence-electron chi connectivity index (χ3n) is 16.8. The number of likely N-dealkylation sites (N-methyl/N-ethyl adjacent to an activating group) is 1. The van der Waals surface area contributed by atoms with Crippen LogP contribution in [0.15, 0.2) is 0 Å². The normalized spacial score (nSPS) is 33.5. The van der Waals surface area contributed by atoms with E-state index in [4.69, 9.17) is 0 Å². The van der Waals surface area contributed by atoms with E-state index in [1.165, 1.54) is 0 Å². The average Bonchev–Trinajstić information content (AvgIpc) is 4.01. The highest BCUT2D eigenvalue weighted by atomic mass is 32.2. The minimum atomic E-state index is -3.93. The van der Waals surface area contributed by atoms with Crippen LogP contribution in [0.1, 0.15) is 152 Å². The first-order chi connectivity index (χ1) is 26.6. The van der Waals surface area contributed by atoms with Gasteiger partial charge in [0.1, 0.15) is 23.7 Å². The lowest BCUT2D eigenvalue weighted by atomic mass is 9.73. The monoisotopic (exact) mass is 815 g/mol. The van der Waals surface area contributed by atoms with Crippen LogP contribution in [0.25, 0.3) is 0 Å². The minimum Gasteiger partial charge on any atom is -0.343 e. The molecule has 0 aromatic heterocycles. The Hall–Kier alpha value is -2.74. The highest BCUT2D eigenvalue weighted by molar-refractivity contribution is 7.91. The summed E-state index contributed by atoms with van der Waals surface area (Å²) >= 11 is 0. The van der Waals surface area contributed by atoms with Gasteiger partial charge in [0.2, 0.25) is 33.7 Å². The van der Waals surface area contributed by atoms with Gasteiger partial charge in [0, 0.05) is 12.0 Å². The number of fused-ring (bicyclic) bond motifs is 1. The van der Waals surface area contributed by atoms with E-state index in [2.05, 4.69) is 39.4 Å². The van der Waals surface area contributed by atoms with E-state index in [1.54, 1.807) is 11.8 Å². The van der Waals surface area contributed by atoms with Crippen molar-refractivity contribution < 1.29 is 32.4 Å². The van der Waals surface area contributed by atoms with Crippen molar-refractivity contribution in [2.24, 2.45) is 33.5 Å². The van der Waals surface area contributed by atoms with Crippen LogP contribution in [0.4, 0.5) is 0 Å². The van der Waals surface area contributed by atoms with E-state index in [0.717, 1.165) is 77.3 Å². The highest BCUT2D eigenvalue weighted by Gasteiger charge is 2.85. The first kappa shape index (κ1) is 42.4. The van der Waals surface area contributed by atoms with Crippen LogP contribution >= 0.6 is 0 Å². The maximum Gasteiger partial charge on any atom is 0.259 e. The van der Waals surface area contributed by atoms with E-state index in [-0.39, 0.29) is 51.8 Å². The summed E-state index contributed by atoms with van der Waals surface area (Å²) in [7, 11) is -3.93. The molecule has 14 heteroatoms. The van der Waals surface area contributed by atoms with Crippen LogP contribution in [-0.4, -0.2) is 102 Å². The van der Waals surface area contributed by atoms with Crippen LogP contribution in [-0.2, 0) is 34.0 Å². The summed E-state index contributed by atoms with van der Waals surface area (Å²) < 4.78 is 27.6. The quantitative estimate of drug-likeness (QED) is 0.215. The molecule has 7 rings (SSSR count). The van der Waals surface area contributed by atoms with Gasteiger partial charge in [0.05, 0.1) is 10.8 Å². The fourth-order valence-electron chi connectivity index (χ4n) is 12.1. The Bertz CT molecular complexity index is 1760. The molecular weight excluding hydrogens is 745 g/mol. The van der Waals surface area contributed by atoms with Crippen molar-refractivity contribution in [1.82, 2.24) is 30.5 Å². The number of likely N-dealkylation sites (tertiary alicyclic amines) is 2. The standard InChI is InChI=1S/C43H70N6O7S/c1-9-28-24-43(28,37(54)47-57(55,56)40(8)21-22-40)46-34(51)30-25-42(39(6,7)41(42)19-15-20-41)26-49(30)36(53)32(38(3,4)5)45-35(52)31(27-16-12-11-13-17-27)44-33(50)29-18-14-23-48(29)10-2/h27-32H,9-26H2,1-8H3,(H,44,50)(H,45,52)(H,46,51)(H,47,54)/t28-,29+,30?,31+,32-,42-,43-/m1/s1. The van der Waals surface area contributed by atoms with Crippen molar-refractivity contribution in [2.45, 2.75) is 186 Å². The number of sulfonamides is 1. The Morgan fingerprint density at radius 1 is 0.789 bits per heavy atom. The molecule has 0 radical (unpaired) electrons. The molecule has 57 heavy (non-hydrogen) atoms. The average molecular weight is 815 g/mol. The summed E-state index contributed by atoms with van der Waals surface area (Å²) in [4.78, 5) is 76.0. The molecule has 2 aliphatic heterocycles. The molecule has 1 unspecified atom stereocenters. The number of carbonyl (C=O) groups is 5. The maximum atomic E-state index is 15.2. The van der Waals surface area contributed by atoms with Crippen LogP contribution in [0.5, 0.6) is 0 Å². The molecule has 5 amide bonds. The summed E-state index contributed by atoms with van der Waals surface area (Å²) in [6, 6.07) is -2.97. The number of hydrogen-bond donors (Lipinski definition) is 4. The van der Waals surface area contributed by atoms with Gasteiger partial charge < -0.3 is 20.9 Å². The molecule has 7 aliphatic rings. The van der Waals surface area contributed by atoms with E-state index in [0.29, 0.717) is 38.6 Å². The third-order valence-corrected chi connectivity index (χ3v) is 18.9. The second-order valence-corrected chi connectivity index (χ2v) is 23.2. The number of nitrogens with zero attached hydrogens (tertiary/aromatic N) is 2. The SMILES string of the molecule is CC[C@@H]1C[C@]1(NC(=O)C1C[C@@]2(CN1C(=O)[C@@H](NC(=O)[C@@H](NC(=O)[C@@H]1CCCN1CC)C1CCCCC1)C(C)(C)C)C(C)(C)C21CCC1)C(=O)NS(=O)(=O)C1(C)CC1. The largest absolute Gasteiger partial charge is 0.343 e. The highest BCUT2D eigenvalue weighted by Crippen LogP contribution is 2.88. The van der Waals surface area contributed by atoms with Gasteiger partial charge >= 0.3 is 0 Å². The Labute approximate surface area is 340 Å². The maximum absolute atomic E-state index is 15.2. The molecule has 0 aromatic carbocycles. The van der Waals surface area contributed by atoms with Gasteiger partial charge in [-0.1, -0.05) is 80.6 Å². The van der Waals surface area contributed by atoms with Gasteiger partial charge in [0.15, 0.2) is 0 Å². The molecule has 7 fully saturated rings. The van der Waals surface area contributed by atoms with Gasteiger partial charge in [-0.2, -0.15) is 0 Å². The van der Waals surface area contributed by atoms with Gasteiger partial charge in [-0.3, -0.25) is 33.6 Å². The molecular formula is C43H70N6O7S. The van der Waals surface area contributed by atoms with Crippen molar-refractivity contribution in [3.05, 3.63) is 0 Å². The number of nitrogens with one attached hydrogen (secondary N) is 4. The van der Waals surface area contributed by atoms with Gasteiger partial charge in [-0.25, -0.2) is 8.42 Å². The molecule has 320 valence electrons. The van der Waals surface area contributed by atoms with Crippen molar-refractivity contribution in [2.75, 3.05) is 19.6 Å². The third kappa shape index (κ3) is 6.82. The van der Waals surface area contributed by atoms with Crippen LogP contribution in [0.3, 0.4) is 0 Å². The van der Waals surface area contributed by atoms with E-state index in [1.807, 2.05) is 34.6 Å². The van der Waals surface area contributed by atoms with Crippen molar-refractivity contribution >= 4 is 39.6 Å². The predicted molar refractivity (Wildman–Crippen MR) is 217 cm³/mol. The first-order valence-electron chi connectivity index (χ1n) is 22.2. The Balaban J connectivity index is 1.15. The zero-order chi connectivity index (χ0) is 41.6. The van der Waals surface area contributed by atoms with Gasteiger partial charge in [-0.15, -0.1) is 0 Å². The fourth-order valence-corrected chi connectivity index (χ4v) is 13.4. The molecule has 4 N–H and O–H groups in total. The van der Waals surface area contributed by atoms with E-state index in [9.17, 15) is 27.6 Å². The number of hydrogen-bond acceptors (Lipinski definition) is 8. The number of carbonyl (C=O) groups excluding carboxylic acids is 5. The van der Waals surface area contributed by atoms with Crippen LogP contribution < -0.4 is 20.7 Å². The second kappa shape index (κ2) is 14.5. The summed E-state index contributed by atoms with van der Waals surface area (Å²) in [6.07, 6.45) is 11.8. The summed E-state index contributed by atoms with van der Waals surface area (Å²) in [5.74, 6) is -2.31. The zero-order valence-electron chi connectivity index (χ0n) is 35.9. The lowest BCUT2D eigenvalue weighted by Crippen LogP contribution is -2.63. The molecule has 7 atom stereocenters. The molecule has 2 saturated heterocycles. The predicted octanol–water partition coefficient (Wildman–Crippen LogP) is 4.15. The lowest BCUT2D eigenvalue weighted by molar-refractivity contribution is -0.145. The van der Waals surface area contributed by atoms with E-state index < -0.39 is 55.7 Å². The Morgan fingerprint density at radius 2 is 1.46 bits per heavy atom. The van der Waals surface area contributed by atoms with E-state index >= 15 is 4.79 Å². The molecule has 13 nitrogen and oxygen atoms in total. The topological polar surface area (TPSA) is 174 Å². The Kier molecular flexibility index (Phi) is 10.8. The van der Waals surface area contributed by atoms with Crippen molar-refractivity contribution in [1.29, 1.82) is 0 Å². The second-order valence-electron chi connectivity index (χ2n) is 21.0.